The van der Waals surface area contributed by atoms with Gasteiger partial charge in [0.05, 0.1) is 0 Å². The number of guanidine groups is 1. The zero-order valence-electron chi connectivity index (χ0n) is 16.7. The summed E-state index contributed by atoms with van der Waals surface area (Å²) in [6.45, 7) is 4.49. The molecule has 1 aromatic carbocycles. The van der Waals surface area contributed by atoms with Crippen molar-refractivity contribution < 1.29 is 4.74 Å². The Kier molecular flexibility index (Phi) is 6.84. The third-order valence-corrected chi connectivity index (χ3v) is 6.12. The van der Waals surface area contributed by atoms with E-state index in [2.05, 4.69) is 45.6 Å². The molecule has 2 heterocycles. The van der Waals surface area contributed by atoms with Gasteiger partial charge in [-0.1, -0.05) is 17.7 Å². The first-order chi connectivity index (χ1) is 13.0. The number of rotatable bonds is 5. The van der Waals surface area contributed by atoms with Crippen LogP contribution in [-0.2, 0) is 4.74 Å². The van der Waals surface area contributed by atoms with Gasteiger partial charge in [0.15, 0.2) is 5.96 Å². The van der Waals surface area contributed by atoms with E-state index < -0.39 is 0 Å². The lowest BCUT2D eigenvalue weighted by Gasteiger charge is -2.43. The van der Waals surface area contributed by atoms with Crippen molar-refractivity contribution in [3.63, 3.8) is 0 Å². The monoisotopic (exact) mass is 393 g/mol. The SMILES string of the molecule is CN=C(NCC1(N(C)C)CCOCC1)NC1CCN(c2cccc(Cl)c2)C1. The van der Waals surface area contributed by atoms with E-state index in [4.69, 9.17) is 16.3 Å². The summed E-state index contributed by atoms with van der Waals surface area (Å²) in [5.74, 6) is 0.876. The van der Waals surface area contributed by atoms with Crippen LogP contribution in [0.3, 0.4) is 0 Å². The van der Waals surface area contributed by atoms with Gasteiger partial charge >= 0.3 is 0 Å². The molecule has 0 aromatic heterocycles. The predicted octanol–water partition coefficient (Wildman–Crippen LogP) is 2.19. The molecule has 7 heteroatoms. The minimum atomic E-state index is 0.123. The maximum atomic E-state index is 6.14. The number of likely N-dealkylation sites (N-methyl/N-ethyl adjacent to an activating group) is 1. The number of halogens is 1. The van der Waals surface area contributed by atoms with Crippen molar-refractivity contribution in [2.24, 2.45) is 4.99 Å². The van der Waals surface area contributed by atoms with Gasteiger partial charge in [0.2, 0.25) is 0 Å². The summed E-state index contributed by atoms with van der Waals surface area (Å²) in [5.41, 5.74) is 1.31. The van der Waals surface area contributed by atoms with Crippen molar-refractivity contribution in [2.75, 3.05) is 58.9 Å². The average molecular weight is 394 g/mol. The summed E-state index contributed by atoms with van der Waals surface area (Å²) >= 11 is 6.14. The van der Waals surface area contributed by atoms with Crippen molar-refractivity contribution in [2.45, 2.75) is 30.8 Å². The first-order valence-electron chi connectivity index (χ1n) is 9.75. The van der Waals surface area contributed by atoms with Gasteiger partial charge in [0.25, 0.3) is 0 Å². The molecule has 27 heavy (non-hydrogen) atoms. The van der Waals surface area contributed by atoms with Crippen LogP contribution in [0.1, 0.15) is 19.3 Å². The molecule has 0 amide bonds. The Morgan fingerprint density at radius 2 is 2.15 bits per heavy atom. The molecule has 0 saturated carbocycles. The largest absolute Gasteiger partial charge is 0.381 e. The fourth-order valence-electron chi connectivity index (χ4n) is 3.96. The third kappa shape index (κ3) is 5.06. The van der Waals surface area contributed by atoms with Crippen molar-refractivity contribution in [3.05, 3.63) is 29.3 Å². The Bertz CT molecular complexity index is 645. The van der Waals surface area contributed by atoms with Gasteiger partial charge in [-0.3, -0.25) is 4.99 Å². The number of benzene rings is 1. The fraction of sp³-hybridized carbons (Fsp3) is 0.650. The summed E-state index contributed by atoms with van der Waals surface area (Å²) in [6, 6.07) is 8.45. The van der Waals surface area contributed by atoms with Crippen LogP contribution in [0.2, 0.25) is 5.02 Å². The zero-order chi connectivity index (χ0) is 19.3. The standard InChI is InChI=1S/C20H32ClN5O/c1-22-19(23-15-20(25(2)3)8-11-27-12-9-20)24-17-7-10-26(14-17)18-6-4-5-16(21)13-18/h4-6,13,17H,7-12,14-15H2,1-3H3,(H2,22,23,24). The topological polar surface area (TPSA) is 52.1 Å². The lowest BCUT2D eigenvalue weighted by molar-refractivity contribution is -0.00502. The third-order valence-electron chi connectivity index (χ3n) is 5.88. The van der Waals surface area contributed by atoms with E-state index in [1.54, 1.807) is 0 Å². The summed E-state index contributed by atoms with van der Waals surface area (Å²) in [4.78, 5) is 9.14. The summed E-state index contributed by atoms with van der Waals surface area (Å²) in [7, 11) is 6.15. The van der Waals surface area contributed by atoms with Gasteiger partial charge in [0, 0.05) is 62.2 Å². The molecule has 2 aliphatic rings. The number of aliphatic imine (C=N–C) groups is 1. The fourth-order valence-corrected chi connectivity index (χ4v) is 4.14. The molecule has 150 valence electrons. The quantitative estimate of drug-likeness (QED) is 0.593. The van der Waals surface area contributed by atoms with Gasteiger partial charge in [-0.2, -0.15) is 0 Å². The van der Waals surface area contributed by atoms with Crippen LogP contribution in [0.25, 0.3) is 0 Å². The molecule has 2 saturated heterocycles. The summed E-state index contributed by atoms with van der Waals surface area (Å²) < 4.78 is 5.56. The van der Waals surface area contributed by atoms with Crippen LogP contribution >= 0.6 is 11.6 Å². The second-order valence-corrected chi connectivity index (χ2v) is 8.15. The zero-order valence-corrected chi connectivity index (χ0v) is 17.4. The van der Waals surface area contributed by atoms with E-state index in [1.165, 1.54) is 5.69 Å². The number of hydrogen-bond donors (Lipinski definition) is 2. The normalized spacial score (nSPS) is 22.9. The molecule has 1 aromatic rings. The van der Waals surface area contributed by atoms with E-state index in [0.29, 0.717) is 6.04 Å². The van der Waals surface area contributed by atoms with Crippen LogP contribution in [0.4, 0.5) is 5.69 Å². The summed E-state index contributed by atoms with van der Waals surface area (Å²) in [6.07, 6.45) is 3.16. The maximum Gasteiger partial charge on any atom is 0.191 e. The van der Waals surface area contributed by atoms with Gasteiger partial charge in [-0.05, 0) is 51.6 Å². The number of hydrogen-bond acceptors (Lipinski definition) is 4. The molecule has 0 radical (unpaired) electrons. The minimum absolute atomic E-state index is 0.123. The highest BCUT2D eigenvalue weighted by molar-refractivity contribution is 6.30. The molecule has 2 N–H and O–H groups in total. The molecular weight excluding hydrogens is 362 g/mol. The van der Waals surface area contributed by atoms with Crippen molar-refractivity contribution in [3.8, 4) is 0 Å². The number of ether oxygens (including phenoxy) is 1. The molecule has 3 rings (SSSR count). The summed E-state index contributed by atoms with van der Waals surface area (Å²) in [5, 5.41) is 7.93. The Hall–Kier alpha value is -1.50. The van der Waals surface area contributed by atoms with E-state index in [-0.39, 0.29) is 5.54 Å². The molecular formula is C20H32ClN5O. The van der Waals surface area contributed by atoms with Crippen LogP contribution in [0, 0.1) is 0 Å². The molecule has 0 aliphatic carbocycles. The van der Waals surface area contributed by atoms with Crippen LogP contribution in [0.15, 0.2) is 29.3 Å². The molecule has 2 fully saturated rings. The van der Waals surface area contributed by atoms with E-state index in [0.717, 1.165) is 63.1 Å². The van der Waals surface area contributed by atoms with Crippen molar-refractivity contribution >= 4 is 23.2 Å². The van der Waals surface area contributed by atoms with Crippen LogP contribution in [0.5, 0.6) is 0 Å². The highest BCUT2D eigenvalue weighted by Crippen LogP contribution is 2.25. The van der Waals surface area contributed by atoms with Gasteiger partial charge in [-0.25, -0.2) is 0 Å². The minimum Gasteiger partial charge on any atom is -0.381 e. The number of nitrogens with one attached hydrogen (secondary N) is 2. The molecule has 2 aliphatic heterocycles. The van der Waals surface area contributed by atoms with E-state index in [1.807, 2.05) is 25.2 Å². The Balaban J connectivity index is 1.53. The lowest BCUT2D eigenvalue weighted by atomic mass is 9.88. The van der Waals surface area contributed by atoms with Crippen LogP contribution < -0.4 is 15.5 Å². The van der Waals surface area contributed by atoms with Crippen LogP contribution in [-0.4, -0.2) is 76.4 Å². The first kappa shape index (κ1) is 20.2. The average Bonchev–Trinajstić information content (AvgIpc) is 3.14. The second kappa shape index (κ2) is 9.13. The predicted molar refractivity (Wildman–Crippen MR) is 113 cm³/mol. The molecule has 1 unspecified atom stereocenters. The number of anilines is 1. The second-order valence-electron chi connectivity index (χ2n) is 7.71. The van der Waals surface area contributed by atoms with Gasteiger partial charge < -0.3 is 25.2 Å². The Morgan fingerprint density at radius 3 is 2.81 bits per heavy atom. The van der Waals surface area contributed by atoms with Gasteiger partial charge in [0.1, 0.15) is 0 Å². The van der Waals surface area contributed by atoms with Crippen molar-refractivity contribution in [1.29, 1.82) is 0 Å². The van der Waals surface area contributed by atoms with E-state index >= 15 is 0 Å². The number of nitrogens with zero attached hydrogens (tertiary/aromatic N) is 3. The molecule has 0 spiro atoms. The Morgan fingerprint density at radius 1 is 1.37 bits per heavy atom. The molecule has 6 nitrogen and oxygen atoms in total. The Labute approximate surface area is 167 Å². The molecule has 1 atom stereocenters. The highest BCUT2D eigenvalue weighted by Gasteiger charge is 2.35. The van der Waals surface area contributed by atoms with Gasteiger partial charge in [-0.15, -0.1) is 0 Å². The maximum absolute atomic E-state index is 6.14. The first-order valence-corrected chi connectivity index (χ1v) is 10.1. The highest BCUT2D eigenvalue weighted by atomic mass is 35.5. The molecule has 0 bridgehead atoms. The van der Waals surface area contributed by atoms with Crippen molar-refractivity contribution in [1.82, 2.24) is 15.5 Å². The smallest absolute Gasteiger partial charge is 0.191 e. The van der Waals surface area contributed by atoms with E-state index in [9.17, 15) is 0 Å². The lowest BCUT2D eigenvalue weighted by Crippen LogP contribution is -2.57.